The normalized spacial score (nSPS) is 9.57. The molecule has 3 nitrogen and oxygen atoms in total. The summed E-state index contributed by atoms with van der Waals surface area (Å²) >= 11 is 0. The molecule has 4 heteroatoms. The predicted molar refractivity (Wildman–Crippen MR) is 48.6 cm³/mol. The predicted octanol–water partition coefficient (Wildman–Crippen LogP) is 1.04. The van der Waals surface area contributed by atoms with Gasteiger partial charge in [-0.2, -0.15) is 0 Å². The van der Waals surface area contributed by atoms with Crippen LogP contribution in [0.3, 0.4) is 0 Å². The molecule has 0 atom stereocenters. The Hall–Kier alpha value is 0.0139. The van der Waals surface area contributed by atoms with E-state index in [2.05, 4.69) is 10.8 Å². The maximum Gasteiger partial charge on any atom is 0.219 e. The number of unbranched alkanes of at least 4 members (excludes halogenated alkanes) is 1. The molecular weight excluding hydrogens is 257 g/mol. The van der Waals surface area contributed by atoms with Crippen LogP contribution in [0.5, 0.6) is 0 Å². The fraction of sp³-hybridized carbons (Fsp3) is 0.500. The Balaban J connectivity index is 0. The number of methoxy groups -OCH3 is 1. The fourth-order valence-corrected chi connectivity index (χ4v) is 0.724. The van der Waals surface area contributed by atoms with Crippen LogP contribution in [0.15, 0.2) is 11.6 Å². The van der Waals surface area contributed by atoms with Gasteiger partial charge in [0.05, 0.1) is 7.11 Å². The van der Waals surface area contributed by atoms with E-state index in [0.717, 1.165) is 6.42 Å². The third-order valence-electron chi connectivity index (χ3n) is 1.43. The molecule has 0 aliphatic carbocycles. The van der Waals surface area contributed by atoms with Crippen molar-refractivity contribution in [3.63, 3.8) is 0 Å². The van der Waals surface area contributed by atoms with E-state index >= 15 is 0 Å². The topological polar surface area (TPSA) is 46.5 Å². The first-order valence-corrected chi connectivity index (χ1v) is 4.10. The van der Waals surface area contributed by atoms with E-state index in [9.17, 15) is 4.79 Å². The molecule has 0 saturated heterocycles. The molecule has 1 radical (unpaired) electrons. The zero-order valence-corrected chi connectivity index (χ0v) is 11.2. The maximum atomic E-state index is 10.6. The van der Waals surface area contributed by atoms with Crippen LogP contribution < -0.4 is 0 Å². The van der Waals surface area contributed by atoms with E-state index in [-0.39, 0.29) is 39.3 Å². The summed E-state index contributed by atoms with van der Waals surface area (Å²) in [5.74, 6) is -0.537. The smallest absolute Gasteiger partial charge is 0.219 e. The van der Waals surface area contributed by atoms with E-state index in [1.54, 1.807) is 0 Å². The van der Waals surface area contributed by atoms with E-state index in [4.69, 9.17) is 11.7 Å². The van der Waals surface area contributed by atoms with Gasteiger partial charge in [0, 0.05) is 39.3 Å². The zero-order chi connectivity index (χ0) is 10.1. The molecule has 0 aromatic heterocycles. The molecule has 0 heterocycles. The van der Waals surface area contributed by atoms with Gasteiger partial charge in [-0.3, -0.25) is 10.9 Å². The van der Waals surface area contributed by atoms with Crippen molar-refractivity contribution in [3.05, 3.63) is 24.3 Å². The van der Waals surface area contributed by atoms with Crippen LogP contribution in [0.1, 0.15) is 19.3 Å². The van der Waals surface area contributed by atoms with Crippen molar-refractivity contribution in [3.8, 4) is 0 Å². The van der Waals surface area contributed by atoms with Crippen LogP contribution >= 0.6 is 0 Å². The molecule has 0 rings (SSSR count). The summed E-state index contributed by atoms with van der Waals surface area (Å²) in [6.45, 7) is 5.69. The van der Waals surface area contributed by atoms with Crippen molar-refractivity contribution in [1.82, 2.24) is 0 Å². The van der Waals surface area contributed by atoms with E-state index < -0.39 is 5.97 Å². The van der Waals surface area contributed by atoms with Crippen molar-refractivity contribution < 1.29 is 47.3 Å². The number of carbonyl (C=O) groups is 1. The number of ether oxygens (including phenoxy) is 1. The average molecular weight is 271 g/mol. The molecule has 0 bridgehead atoms. The minimum Gasteiger partial charge on any atom is -0.481 e. The Bertz CT molecular complexity index is 200. The number of rotatable bonds is 6. The number of aliphatic hydroxyl groups excluding tert-OH is 1. The summed E-state index contributed by atoms with van der Waals surface area (Å²) in [6.07, 6.45) is 5.93. The van der Waals surface area contributed by atoms with Crippen molar-refractivity contribution in [1.29, 1.82) is 0 Å². The number of allylic oxidation sites excluding steroid dienone is 2. The van der Waals surface area contributed by atoms with E-state index in [1.165, 1.54) is 13.2 Å². The minimum absolute atomic E-state index is 0. The summed E-state index contributed by atoms with van der Waals surface area (Å²) in [6, 6.07) is 0. The number of aliphatic hydroxyl groups is 1. The minimum atomic E-state index is -0.537. The molecule has 0 aliphatic rings. The average Bonchev–Trinajstić information content (AvgIpc) is 2.14. The standard InChI is InChI=1S/C10H14O3.Y/c1-9(5-3-4-8-11)6-7-10(12)13-2;/h1,6,11H,3-5,8H2,2H3;/q-2;. The first kappa shape index (κ1) is 16.4. The maximum absolute atomic E-state index is 10.6. The molecule has 0 amide bonds. The number of hydrogen-bond donors (Lipinski definition) is 1. The van der Waals surface area contributed by atoms with Crippen molar-refractivity contribution in [2.24, 2.45) is 0 Å². The molecule has 77 valence electrons. The quantitative estimate of drug-likeness (QED) is 0.258. The Kier molecular flexibility index (Phi) is 13.0. The molecule has 14 heavy (non-hydrogen) atoms. The molecule has 0 aromatic carbocycles. The summed E-state index contributed by atoms with van der Waals surface area (Å²) in [4.78, 5) is 10.6. The van der Waals surface area contributed by atoms with Gasteiger partial charge < -0.3 is 28.1 Å². The van der Waals surface area contributed by atoms with Crippen molar-refractivity contribution in [2.45, 2.75) is 19.3 Å². The first-order chi connectivity index (χ1) is 6.20. The summed E-state index contributed by atoms with van der Waals surface area (Å²) in [5, 5.41) is 8.49. The van der Waals surface area contributed by atoms with Crippen LogP contribution in [0.4, 0.5) is 0 Å². The van der Waals surface area contributed by atoms with Crippen LogP contribution in [0.25, 0.3) is 0 Å². The Morgan fingerprint density at radius 1 is 1.57 bits per heavy atom. The van der Waals surface area contributed by atoms with Gasteiger partial charge in [-0.1, -0.05) is 6.42 Å². The van der Waals surface area contributed by atoms with Gasteiger partial charge in [-0.05, 0) is 6.42 Å². The second-order valence-corrected chi connectivity index (χ2v) is 2.54. The third kappa shape index (κ3) is 10.1. The van der Waals surface area contributed by atoms with Gasteiger partial charge in [-0.25, -0.2) is 0 Å². The van der Waals surface area contributed by atoms with E-state index in [1.807, 2.05) is 0 Å². The van der Waals surface area contributed by atoms with Gasteiger partial charge in [0.2, 0.25) is 5.97 Å². The second-order valence-electron chi connectivity index (χ2n) is 2.54. The van der Waals surface area contributed by atoms with Gasteiger partial charge in [-0.15, -0.1) is 6.42 Å². The molecule has 0 saturated carbocycles. The van der Waals surface area contributed by atoms with Crippen LogP contribution in [0, 0.1) is 12.7 Å². The van der Waals surface area contributed by atoms with Gasteiger partial charge in [0.1, 0.15) is 0 Å². The molecule has 1 N–H and O–H groups in total. The van der Waals surface area contributed by atoms with Crippen LogP contribution in [-0.2, 0) is 42.2 Å². The monoisotopic (exact) mass is 271 g/mol. The molecule has 0 unspecified atom stereocenters. The van der Waals surface area contributed by atoms with Crippen molar-refractivity contribution in [2.75, 3.05) is 13.7 Å². The second kappa shape index (κ2) is 11.1. The first-order valence-electron chi connectivity index (χ1n) is 4.10. The zero-order valence-electron chi connectivity index (χ0n) is 8.32. The van der Waals surface area contributed by atoms with Gasteiger partial charge in [0.15, 0.2) is 0 Å². The third-order valence-corrected chi connectivity index (χ3v) is 1.43. The molecule has 0 aliphatic heterocycles. The van der Waals surface area contributed by atoms with Crippen LogP contribution in [-0.4, -0.2) is 24.8 Å². The Morgan fingerprint density at radius 3 is 2.71 bits per heavy atom. The molecular formula is C10H14O3Y-2. The molecule has 0 spiro atoms. The van der Waals surface area contributed by atoms with Gasteiger partial charge >= 0.3 is 0 Å². The summed E-state index contributed by atoms with van der Waals surface area (Å²) < 4.78 is 4.34. The number of carbonyl (C=O) groups excluding carboxylic acids is 1. The summed E-state index contributed by atoms with van der Waals surface area (Å²) in [5.41, 5.74) is 0.568. The number of esters is 1. The molecule has 0 fully saturated rings. The van der Waals surface area contributed by atoms with E-state index in [0.29, 0.717) is 18.4 Å². The summed E-state index contributed by atoms with van der Waals surface area (Å²) in [7, 11) is 1.28. The Morgan fingerprint density at radius 2 is 2.21 bits per heavy atom. The van der Waals surface area contributed by atoms with Crippen molar-refractivity contribution >= 4 is 5.97 Å². The molecule has 0 aromatic rings. The largest absolute Gasteiger partial charge is 0.481 e. The number of hydrogen-bond acceptors (Lipinski definition) is 3. The van der Waals surface area contributed by atoms with Crippen LogP contribution in [0.2, 0.25) is 0 Å². The Labute approximate surface area is 110 Å². The van der Waals surface area contributed by atoms with Gasteiger partial charge in [0.25, 0.3) is 0 Å². The fourth-order valence-electron chi connectivity index (χ4n) is 0.724. The SMILES string of the molecule is [CH-]=C(C=[C-]C(=O)OC)CCCCO.[Y].